The monoisotopic (exact) mass is 278 g/mol. The quantitative estimate of drug-likeness (QED) is 0.693. The van der Waals surface area contributed by atoms with Crippen molar-refractivity contribution in [1.82, 2.24) is 4.98 Å². The fourth-order valence-electron chi connectivity index (χ4n) is 3.32. The highest BCUT2D eigenvalue weighted by Crippen LogP contribution is 2.35. The van der Waals surface area contributed by atoms with Crippen molar-refractivity contribution >= 4 is 27.5 Å². The van der Waals surface area contributed by atoms with Gasteiger partial charge in [0.1, 0.15) is 0 Å². The predicted molar refractivity (Wildman–Crippen MR) is 86.7 cm³/mol. The van der Waals surface area contributed by atoms with Crippen LogP contribution in [0.3, 0.4) is 0 Å². The van der Waals surface area contributed by atoms with Crippen LogP contribution in [-0.4, -0.2) is 29.3 Å². The Labute approximate surface area is 123 Å². The SMILES string of the molecule is OC1CCCN(c2c3ccccc3nc3ccccc23)C1. The number of β-amino-alcohol motifs (C(OH)–C–C–N with tert-alkyl or cyclic N) is 1. The molecule has 4 rings (SSSR count). The zero-order valence-electron chi connectivity index (χ0n) is 11.9. The lowest BCUT2D eigenvalue weighted by Gasteiger charge is -2.33. The molecule has 2 aromatic carbocycles. The molecule has 1 N–H and O–H groups in total. The van der Waals surface area contributed by atoms with Crippen molar-refractivity contribution < 1.29 is 5.11 Å². The van der Waals surface area contributed by atoms with Crippen LogP contribution in [0, 0.1) is 0 Å². The van der Waals surface area contributed by atoms with Gasteiger partial charge in [0.25, 0.3) is 0 Å². The molecular formula is C18H18N2O. The van der Waals surface area contributed by atoms with Gasteiger partial charge in [0.05, 0.1) is 22.8 Å². The van der Waals surface area contributed by atoms with Gasteiger partial charge in [0.2, 0.25) is 0 Å². The number of nitrogens with zero attached hydrogens (tertiary/aromatic N) is 2. The van der Waals surface area contributed by atoms with Gasteiger partial charge in [-0.15, -0.1) is 0 Å². The van der Waals surface area contributed by atoms with Gasteiger partial charge in [0, 0.05) is 23.9 Å². The van der Waals surface area contributed by atoms with Crippen molar-refractivity contribution in [3.8, 4) is 0 Å². The maximum atomic E-state index is 10.0. The Balaban J connectivity index is 2.02. The third kappa shape index (κ3) is 2.14. The molecule has 21 heavy (non-hydrogen) atoms. The highest BCUT2D eigenvalue weighted by molar-refractivity contribution is 6.07. The molecule has 1 saturated heterocycles. The van der Waals surface area contributed by atoms with E-state index in [1.807, 2.05) is 12.1 Å². The molecule has 0 spiro atoms. The maximum Gasteiger partial charge on any atom is 0.0730 e. The van der Waals surface area contributed by atoms with E-state index in [1.54, 1.807) is 0 Å². The van der Waals surface area contributed by atoms with Gasteiger partial charge in [-0.3, -0.25) is 0 Å². The van der Waals surface area contributed by atoms with Crippen molar-refractivity contribution in [2.24, 2.45) is 0 Å². The number of piperidine rings is 1. The van der Waals surface area contributed by atoms with Gasteiger partial charge < -0.3 is 10.0 Å². The van der Waals surface area contributed by atoms with Crippen LogP contribution < -0.4 is 4.90 Å². The fraction of sp³-hybridized carbons (Fsp3) is 0.278. The lowest BCUT2D eigenvalue weighted by atomic mass is 10.0. The Kier molecular flexibility index (Phi) is 3.00. The minimum Gasteiger partial charge on any atom is -0.391 e. The molecule has 1 atom stereocenters. The summed E-state index contributed by atoms with van der Waals surface area (Å²) in [4.78, 5) is 7.08. The van der Waals surface area contributed by atoms with E-state index in [-0.39, 0.29) is 6.10 Å². The maximum absolute atomic E-state index is 10.0. The molecule has 0 bridgehead atoms. The molecule has 3 aromatic rings. The first-order chi connectivity index (χ1) is 10.3. The van der Waals surface area contributed by atoms with Crippen LogP contribution in [0.2, 0.25) is 0 Å². The zero-order chi connectivity index (χ0) is 14.2. The minimum atomic E-state index is -0.232. The molecule has 1 aliphatic heterocycles. The van der Waals surface area contributed by atoms with Crippen molar-refractivity contribution in [3.05, 3.63) is 48.5 Å². The summed E-state index contributed by atoms with van der Waals surface area (Å²) in [6.07, 6.45) is 1.70. The average Bonchev–Trinajstić information content (AvgIpc) is 2.52. The summed E-state index contributed by atoms with van der Waals surface area (Å²) >= 11 is 0. The van der Waals surface area contributed by atoms with E-state index in [9.17, 15) is 5.11 Å². The lowest BCUT2D eigenvalue weighted by molar-refractivity contribution is 0.154. The summed E-state index contributed by atoms with van der Waals surface area (Å²) in [6, 6.07) is 16.6. The number of hydrogen-bond acceptors (Lipinski definition) is 3. The third-order valence-electron chi connectivity index (χ3n) is 4.27. The Morgan fingerprint density at radius 2 is 1.57 bits per heavy atom. The number of anilines is 1. The topological polar surface area (TPSA) is 36.4 Å². The number of rotatable bonds is 1. The number of fused-ring (bicyclic) bond motifs is 2. The summed E-state index contributed by atoms with van der Waals surface area (Å²) in [6.45, 7) is 1.70. The molecule has 1 unspecified atom stereocenters. The summed E-state index contributed by atoms with van der Waals surface area (Å²) in [5, 5.41) is 12.4. The van der Waals surface area contributed by atoms with E-state index >= 15 is 0 Å². The Morgan fingerprint density at radius 1 is 0.952 bits per heavy atom. The van der Waals surface area contributed by atoms with Crippen LogP contribution in [0.15, 0.2) is 48.5 Å². The van der Waals surface area contributed by atoms with Gasteiger partial charge in [-0.1, -0.05) is 36.4 Å². The molecule has 1 aliphatic rings. The lowest BCUT2D eigenvalue weighted by Crippen LogP contribution is -2.38. The van der Waals surface area contributed by atoms with Crippen LogP contribution in [0.5, 0.6) is 0 Å². The van der Waals surface area contributed by atoms with E-state index in [0.29, 0.717) is 6.54 Å². The van der Waals surface area contributed by atoms with Crippen LogP contribution >= 0.6 is 0 Å². The number of aliphatic hydroxyl groups is 1. The molecule has 2 heterocycles. The number of hydrogen-bond donors (Lipinski definition) is 1. The van der Waals surface area contributed by atoms with Gasteiger partial charge >= 0.3 is 0 Å². The molecular weight excluding hydrogens is 260 g/mol. The second kappa shape index (κ2) is 5.01. The van der Waals surface area contributed by atoms with Crippen LogP contribution in [-0.2, 0) is 0 Å². The molecule has 1 fully saturated rings. The smallest absolute Gasteiger partial charge is 0.0730 e. The molecule has 0 saturated carbocycles. The first kappa shape index (κ1) is 12.6. The number of para-hydroxylation sites is 2. The largest absolute Gasteiger partial charge is 0.391 e. The first-order valence-corrected chi connectivity index (χ1v) is 7.53. The Morgan fingerprint density at radius 3 is 2.19 bits per heavy atom. The molecule has 3 nitrogen and oxygen atoms in total. The standard InChI is InChI=1S/C18H18N2O/c21-13-6-5-11-20(12-13)18-14-7-1-3-9-16(14)19-17-10-4-2-8-15(17)18/h1-4,7-10,13,21H,5-6,11-12H2. The number of benzene rings is 2. The average molecular weight is 278 g/mol. The highest BCUT2D eigenvalue weighted by Gasteiger charge is 2.21. The summed E-state index contributed by atoms with van der Waals surface area (Å²) < 4.78 is 0. The summed E-state index contributed by atoms with van der Waals surface area (Å²) in [5.74, 6) is 0. The van der Waals surface area contributed by atoms with E-state index < -0.39 is 0 Å². The molecule has 0 amide bonds. The first-order valence-electron chi connectivity index (χ1n) is 7.53. The number of aromatic nitrogens is 1. The molecule has 3 heteroatoms. The molecule has 0 aliphatic carbocycles. The zero-order valence-corrected chi connectivity index (χ0v) is 11.9. The summed E-state index contributed by atoms with van der Waals surface area (Å²) in [5.41, 5.74) is 3.26. The van der Waals surface area contributed by atoms with Gasteiger partial charge in [-0.25, -0.2) is 4.98 Å². The number of pyridine rings is 1. The molecule has 0 radical (unpaired) electrons. The minimum absolute atomic E-state index is 0.232. The van der Waals surface area contributed by atoms with Gasteiger partial charge in [0.15, 0.2) is 0 Å². The van der Waals surface area contributed by atoms with E-state index in [2.05, 4.69) is 41.3 Å². The van der Waals surface area contributed by atoms with Crippen LogP contribution in [0.1, 0.15) is 12.8 Å². The second-order valence-electron chi connectivity index (χ2n) is 5.74. The second-order valence-corrected chi connectivity index (χ2v) is 5.74. The van der Waals surface area contributed by atoms with E-state index in [4.69, 9.17) is 4.98 Å². The summed E-state index contributed by atoms with van der Waals surface area (Å²) in [7, 11) is 0. The highest BCUT2D eigenvalue weighted by atomic mass is 16.3. The number of aliphatic hydroxyl groups excluding tert-OH is 1. The van der Waals surface area contributed by atoms with E-state index in [0.717, 1.165) is 30.4 Å². The normalized spacial score (nSPS) is 19.3. The van der Waals surface area contributed by atoms with E-state index in [1.165, 1.54) is 16.5 Å². The van der Waals surface area contributed by atoms with Crippen LogP contribution in [0.25, 0.3) is 21.8 Å². The van der Waals surface area contributed by atoms with Crippen molar-refractivity contribution in [2.75, 3.05) is 18.0 Å². The Hall–Kier alpha value is -2.13. The van der Waals surface area contributed by atoms with Crippen molar-refractivity contribution in [1.29, 1.82) is 0 Å². The predicted octanol–water partition coefficient (Wildman–Crippen LogP) is 3.35. The van der Waals surface area contributed by atoms with Gasteiger partial charge in [-0.05, 0) is 25.0 Å². The fourth-order valence-corrected chi connectivity index (χ4v) is 3.32. The van der Waals surface area contributed by atoms with Crippen LogP contribution in [0.4, 0.5) is 5.69 Å². The third-order valence-corrected chi connectivity index (χ3v) is 4.27. The molecule has 1 aromatic heterocycles. The molecule has 106 valence electrons. The van der Waals surface area contributed by atoms with Crippen molar-refractivity contribution in [3.63, 3.8) is 0 Å². The van der Waals surface area contributed by atoms with Gasteiger partial charge in [-0.2, -0.15) is 0 Å². The van der Waals surface area contributed by atoms with Crippen molar-refractivity contribution in [2.45, 2.75) is 18.9 Å². The Bertz CT molecular complexity index is 745.